The summed E-state index contributed by atoms with van der Waals surface area (Å²) in [6.07, 6.45) is 1.06. The van der Waals surface area contributed by atoms with Gasteiger partial charge in [-0.2, -0.15) is 0 Å². The molecule has 6 heteroatoms. The Morgan fingerprint density at radius 1 is 1.04 bits per heavy atom. The number of amides is 1. The molecule has 0 saturated carbocycles. The predicted molar refractivity (Wildman–Crippen MR) is 102 cm³/mol. The van der Waals surface area contributed by atoms with Crippen LogP contribution < -0.4 is 5.14 Å². The number of nitrogens with zero attached hydrogens (tertiary/aromatic N) is 1. The van der Waals surface area contributed by atoms with Gasteiger partial charge in [0.15, 0.2) is 0 Å². The molecule has 0 unspecified atom stereocenters. The van der Waals surface area contributed by atoms with Crippen LogP contribution in [0, 0.1) is 5.92 Å². The van der Waals surface area contributed by atoms with E-state index in [-0.39, 0.29) is 23.5 Å². The second-order valence-electron chi connectivity index (χ2n) is 6.90. The van der Waals surface area contributed by atoms with Gasteiger partial charge < -0.3 is 4.90 Å². The zero-order valence-electron chi connectivity index (χ0n) is 14.6. The van der Waals surface area contributed by atoms with E-state index in [1.165, 1.54) is 0 Å². The number of carbonyl (C=O) groups excluding carboxylic acids is 1. The maximum atomic E-state index is 12.9. The summed E-state index contributed by atoms with van der Waals surface area (Å²) in [5, 5.41) is 5.14. The Kier molecular flexibility index (Phi) is 5.74. The smallest absolute Gasteiger partial charge is 0.223 e. The summed E-state index contributed by atoms with van der Waals surface area (Å²) in [5.74, 6) is -0.0833. The second kappa shape index (κ2) is 8.01. The molecule has 3 rings (SSSR count). The lowest BCUT2D eigenvalue weighted by molar-refractivity contribution is -0.130. The molecule has 138 valence electrons. The lowest BCUT2D eigenvalue weighted by Gasteiger charge is -2.22. The van der Waals surface area contributed by atoms with Crippen molar-refractivity contribution in [2.24, 2.45) is 11.1 Å². The van der Waals surface area contributed by atoms with E-state index in [1.807, 2.05) is 60.7 Å². The molecule has 0 bridgehead atoms. The zero-order valence-corrected chi connectivity index (χ0v) is 15.4. The lowest BCUT2D eigenvalue weighted by Crippen LogP contribution is -2.31. The van der Waals surface area contributed by atoms with Crippen LogP contribution in [0.25, 0.3) is 0 Å². The first-order valence-corrected chi connectivity index (χ1v) is 10.5. The molecule has 0 spiro atoms. The molecule has 0 radical (unpaired) electrons. The molecule has 1 saturated heterocycles. The quantitative estimate of drug-likeness (QED) is 0.845. The molecule has 1 heterocycles. The van der Waals surface area contributed by atoms with Crippen LogP contribution in [0.4, 0.5) is 0 Å². The molecular weight excluding hydrogens is 348 g/mol. The highest BCUT2D eigenvalue weighted by molar-refractivity contribution is 7.89. The number of hydrogen-bond donors (Lipinski definition) is 1. The molecule has 5 nitrogen and oxygen atoms in total. The van der Waals surface area contributed by atoms with Crippen molar-refractivity contribution in [1.82, 2.24) is 4.90 Å². The van der Waals surface area contributed by atoms with Crippen LogP contribution in [0.3, 0.4) is 0 Å². The standard InChI is InChI=1S/C20H24N2O3S/c21-26(24,25)15-16-11-12-22(14-16)20(23)13-19(17-7-3-1-4-8-17)18-9-5-2-6-10-18/h1-10,16,19H,11-15H2,(H2,21,24,25)/t16-/m1/s1. The van der Waals surface area contributed by atoms with Gasteiger partial charge in [-0.05, 0) is 23.5 Å². The van der Waals surface area contributed by atoms with Gasteiger partial charge in [0.2, 0.25) is 15.9 Å². The third-order valence-electron chi connectivity index (χ3n) is 4.89. The van der Waals surface area contributed by atoms with Gasteiger partial charge in [0.1, 0.15) is 0 Å². The maximum Gasteiger partial charge on any atom is 0.223 e. The highest BCUT2D eigenvalue weighted by Crippen LogP contribution is 2.29. The van der Waals surface area contributed by atoms with Gasteiger partial charge in [-0.3, -0.25) is 4.79 Å². The Balaban J connectivity index is 1.73. The molecule has 0 aromatic heterocycles. The molecule has 2 N–H and O–H groups in total. The van der Waals surface area contributed by atoms with Gasteiger partial charge in [-0.15, -0.1) is 0 Å². The molecule has 1 atom stereocenters. The summed E-state index contributed by atoms with van der Waals surface area (Å²) in [4.78, 5) is 14.6. The monoisotopic (exact) mass is 372 g/mol. The number of primary sulfonamides is 1. The highest BCUT2D eigenvalue weighted by atomic mass is 32.2. The first kappa shape index (κ1) is 18.6. The van der Waals surface area contributed by atoms with Crippen LogP contribution in [-0.4, -0.2) is 38.1 Å². The van der Waals surface area contributed by atoms with E-state index >= 15 is 0 Å². The SMILES string of the molecule is NS(=O)(=O)C[C@@H]1CCN(C(=O)CC(c2ccccc2)c2ccccc2)C1. The van der Waals surface area contributed by atoms with Crippen molar-refractivity contribution in [3.05, 3.63) is 71.8 Å². The molecule has 1 fully saturated rings. The predicted octanol–water partition coefficient (Wildman–Crippen LogP) is 2.35. The van der Waals surface area contributed by atoms with Crippen LogP contribution in [0.2, 0.25) is 0 Å². The summed E-state index contributed by atoms with van der Waals surface area (Å²) < 4.78 is 22.6. The van der Waals surface area contributed by atoms with E-state index in [9.17, 15) is 13.2 Å². The molecule has 26 heavy (non-hydrogen) atoms. The zero-order chi connectivity index (χ0) is 18.6. The first-order valence-electron chi connectivity index (χ1n) is 8.80. The van der Waals surface area contributed by atoms with Crippen LogP contribution >= 0.6 is 0 Å². The molecular formula is C20H24N2O3S. The summed E-state index contributed by atoms with van der Waals surface area (Å²) in [6, 6.07) is 20.0. The van der Waals surface area contributed by atoms with Crippen molar-refractivity contribution >= 4 is 15.9 Å². The number of likely N-dealkylation sites (tertiary alicyclic amines) is 1. The average molecular weight is 372 g/mol. The fraction of sp³-hybridized carbons (Fsp3) is 0.350. The van der Waals surface area contributed by atoms with Crippen LogP contribution in [-0.2, 0) is 14.8 Å². The van der Waals surface area contributed by atoms with Crippen LogP contribution in [0.1, 0.15) is 29.9 Å². The fourth-order valence-corrected chi connectivity index (χ4v) is 4.56. The van der Waals surface area contributed by atoms with Crippen molar-refractivity contribution < 1.29 is 13.2 Å². The number of benzene rings is 2. The number of nitrogens with two attached hydrogens (primary N) is 1. The van der Waals surface area contributed by atoms with E-state index in [4.69, 9.17) is 5.14 Å². The third kappa shape index (κ3) is 4.93. The molecule has 0 aliphatic carbocycles. The minimum absolute atomic E-state index is 0.0119. The highest BCUT2D eigenvalue weighted by Gasteiger charge is 2.30. The largest absolute Gasteiger partial charge is 0.342 e. The Morgan fingerprint density at radius 3 is 2.08 bits per heavy atom. The summed E-state index contributed by atoms with van der Waals surface area (Å²) in [5.41, 5.74) is 2.21. The molecule has 1 aliphatic rings. The lowest BCUT2D eigenvalue weighted by atomic mass is 9.88. The van der Waals surface area contributed by atoms with Gasteiger partial charge in [-0.1, -0.05) is 60.7 Å². The molecule has 1 aliphatic heterocycles. The van der Waals surface area contributed by atoms with E-state index in [0.717, 1.165) is 11.1 Å². The first-order chi connectivity index (χ1) is 12.4. The minimum atomic E-state index is -3.50. The summed E-state index contributed by atoms with van der Waals surface area (Å²) in [7, 11) is -3.50. The molecule has 2 aromatic rings. The van der Waals surface area contributed by atoms with E-state index in [1.54, 1.807) is 4.90 Å². The van der Waals surface area contributed by atoms with Crippen LogP contribution in [0.5, 0.6) is 0 Å². The fourth-order valence-electron chi connectivity index (χ4n) is 3.63. The molecule has 2 aromatic carbocycles. The van der Waals surface area contributed by atoms with Crippen molar-refractivity contribution in [2.75, 3.05) is 18.8 Å². The Hall–Kier alpha value is -2.18. The number of hydrogen-bond acceptors (Lipinski definition) is 3. The second-order valence-corrected chi connectivity index (χ2v) is 8.56. The van der Waals surface area contributed by atoms with Crippen molar-refractivity contribution in [3.63, 3.8) is 0 Å². The maximum absolute atomic E-state index is 12.9. The Bertz CT molecular complexity index is 798. The number of rotatable bonds is 6. The van der Waals surface area contributed by atoms with Crippen molar-refractivity contribution in [2.45, 2.75) is 18.8 Å². The van der Waals surface area contributed by atoms with Gasteiger partial charge in [-0.25, -0.2) is 13.6 Å². The Morgan fingerprint density at radius 2 is 1.58 bits per heavy atom. The van der Waals surface area contributed by atoms with E-state index < -0.39 is 10.0 Å². The van der Waals surface area contributed by atoms with Gasteiger partial charge in [0.25, 0.3) is 0 Å². The van der Waals surface area contributed by atoms with E-state index in [0.29, 0.717) is 25.9 Å². The normalized spacial score (nSPS) is 17.6. The molecule has 1 amide bonds. The van der Waals surface area contributed by atoms with Crippen molar-refractivity contribution in [3.8, 4) is 0 Å². The summed E-state index contributed by atoms with van der Waals surface area (Å²) in [6.45, 7) is 1.06. The number of sulfonamides is 1. The van der Waals surface area contributed by atoms with Gasteiger partial charge >= 0.3 is 0 Å². The van der Waals surface area contributed by atoms with Gasteiger partial charge in [0.05, 0.1) is 5.75 Å². The topological polar surface area (TPSA) is 80.5 Å². The third-order valence-corrected chi connectivity index (χ3v) is 5.83. The van der Waals surface area contributed by atoms with Crippen LogP contribution in [0.15, 0.2) is 60.7 Å². The summed E-state index contributed by atoms with van der Waals surface area (Å²) >= 11 is 0. The Labute approximate surface area is 154 Å². The van der Waals surface area contributed by atoms with Gasteiger partial charge in [0, 0.05) is 25.4 Å². The van der Waals surface area contributed by atoms with E-state index in [2.05, 4.69) is 0 Å². The minimum Gasteiger partial charge on any atom is -0.342 e. The average Bonchev–Trinajstić information content (AvgIpc) is 3.07. The van der Waals surface area contributed by atoms with Crippen molar-refractivity contribution in [1.29, 1.82) is 0 Å². The number of carbonyl (C=O) groups is 1.